The Morgan fingerprint density at radius 3 is 2.31 bits per heavy atom. The van der Waals surface area contributed by atoms with Crippen LogP contribution >= 0.6 is 0 Å². The Morgan fingerprint density at radius 2 is 1.64 bits per heavy atom. The highest BCUT2D eigenvalue weighted by Gasteiger charge is 2.53. The Kier molecular flexibility index (Phi) is 7.67. The molecule has 1 unspecified atom stereocenters. The number of fused-ring (bicyclic) bond motifs is 1. The van der Waals surface area contributed by atoms with Crippen LogP contribution in [0.2, 0.25) is 0 Å². The van der Waals surface area contributed by atoms with Crippen molar-refractivity contribution in [3.8, 4) is 5.75 Å². The first kappa shape index (κ1) is 25.4. The van der Waals surface area contributed by atoms with Crippen molar-refractivity contribution in [1.29, 1.82) is 0 Å². The van der Waals surface area contributed by atoms with E-state index in [2.05, 4.69) is 0 Å². The molecule has 4 rings (SSSR count). The molecule has 2 aromatic carbocycles. The second-order valence-corrected chi connectivity index (χ2v) is 8.91. The van der Waals surface area contributed by atoms with Crippen molar-refractivity contribution in [2.75, 3.05) is 20.3 Å². The molecule has 1 aliphatic carbocycles. The van der Waals surface area contributed by atoms with Crippen LogP contribution in [0.1, 0.15) is 50.2 Å². The van der Waals surface area contributed by atoms with Crippen molar-refractivity contribution in [2.24, 2.45) is 16.8 Å². The molecule has 0 spiro atoms. The number of rotatable bonds is 7. The first-order valence-corrected chi connectivity index (χ1v) is 12.3. The van der Waals surface area contributed by atoms with Gasteiger partial charge in [0.1, 0.15) is 11.7 Å². The minimum atomic E-state index is -1.03. The van der Waals surface area contributed by atoms with Crippen LogP contribution < -0.4 is 4.74 Å². The summed E-state index contributed by atoms with van der Waals surface area (Å²) < 4.78 is 16.1. The molecular weight excluding hydrogens is 458 g/mol. The third kappa shape index (κ3) is 4.70. The predicted octanol–water partition coefficient (Wildman–Crippen LogP) is 4.62. The third-order valence-corrected chi connectivity index (χ3v) is 6.87. The van der Waals surface area contributed by atoms with Crippen LogP contribution in [-0.4, -0.2) is 43.8 Å². The lowest BCUT2D eigenvalue weighted by Gasteiger charge is -2.41. The SMILES string of the molecule is CCOC(=O)C1=C(C)N=C2C[C@H](c3cccc(OC)c3)[C@H](C(=O)OCC)C(=O)C2[C@@H]1c1ccccc1. The molecule has 0 aromatic heterocycles. The average Bonchev–Trinajstić information content (AvgIpc) is 2.88. The van der Waals surface area contributed by atoms with Crippen LogP contribution in [0.5, 0.6) is 5.75 Å². The molecule has 2 aromatic rings. The van der Waals surface area contributed by atoms with Gasteiger partial charge in [0.05, 0.1) is 31.8 Å². The molecule has 1 saturated carbocycles. The second kappa shape index (κ2) is 10.9. The Labute approximate surface area is 211 Å². The van der Waals surface area contributed by atoms with E-state index in [1.807, 2.05) is 54.6 Å². The Bertz CT molecular complexity index is 1220. The lowest BCUT2D eigenvalue weighted by Crippen LogP contribution is -2.48. The van der Waals surface area contributed by atoms with E-state index in [0.717, 1.165) is 11.1 Å². The van der Waals surface area contributed by atoms with Gasteiger partial charge in [-0.05, 0) is 50.5 Å². The zero-order chi connectivity index (χ0) is 25.8. The van der Waals surface area contributed by atoms with Crippen LogP contribution in [0.25, 0.3) is 0 Å². The summed E-state index contributed by atoms with van der Waals surface area (Å²) in [5.41, 5.74) is 3.14. The number of ether oxygens (including phenoxy) is 3. The summed E-state index contributed by atoms with van der Waals surface area (Å²) in [5, 5.41) is 0. The summed E-state index contributed by atoms with van der Waals surface area (Å²) in [7, 11) is 1.57. The average molecular weight is 490 g/mol. The van der Waals surface area contributed by atoms with Crippen molar-refractivity contribution in [3.05, 3.63) is 77.0 Å². The van der Waals surface area contributed by atoms with Crippen molar-refractivity contribution in [3.63, 3.8) is 0 Å². The normalized spacial score (nSPS) is 23.4. The van der Waals surface area contributed by atoms with E-state index in [-0.39, 0.29) is 19.0 Å². The molecule has 0 saturated heterocycles. The van der Waals surface area contributed by atoms with Gasteiger partial charge < -0.3 is 14.2 Å². The van der Waals surface area contributed by atoms with Gasteiger partial charge in [0.25, 0.3) is 0 Å². The molecule has 36 heavy (non-hydrogen) atoms. The lowest BCUT2D eigenvalue weighted by atomic mass is 9.62. The molecule has 188 valence electrons. The monoisotopic (exact) mass is 489 g/mol. The molecule has 1 heterocycles. The number of Topliss-reactive ketones (excluding diaryl/α,β-unsaturated/α-hetero) is 1. The minimum absolute atomic E-state index is 0.161. The number of esters is 2. The summed E-state index contributed by atoms with van der Waals surface area (Å²) in [4.78, 5) is 45.3. The zero-order valence-electron chi connectivity index (χ0n) is 21.0. The van der Waals surface area contributed by atoms with Crippen molar-refractivity contribution in [2.45, 2.75) is 39.0 Å². The molecule has 1 fully saturated rings. The van der Waals surface area contributed by atoms with E-state index in [9.17, 15) is 14.4 Å². The number of nitrogens with zero attached hydrogens (tertiary/aromatic N) is 1. The topological polar surface area (TPSA) is 91.3 Å². The van der Waals surface area contributed by atoms with E-state index in [4.69, 9.17) is 19.2 Å². The number of aliphatic imine (C=N–C) groups is 1. The highest BCUT2D eigenvalue weighted by molar-refractivity contribution is 6.17. The summed E-state index contributed by atoms with van der Waals surface area (Å²) in [6.07, 6.45) is 0.379. The Balaban J connectivity index is 1.88. The van der Waals surface area contributed by atoms with Crippen LogP contribution in [0, 0.1) is 11.8 Å². The van der Waals surface area contributed by atoms with Gasteiger partial charge in [0.15, 0.2) is 5.78 Å². The fourth-order valence-electron chi connectivity index (χ4n) is 5.36. The lowest BCUT2D eigenvalue weighted by molar-refractivity contribution is -0.153. The molecule has 7 nitrogen and oxygen atoms in total. The van der Waals surface area contributed by atoms with Crippen molar-refractivity contribution >= 4 is 23.4 Å². The maximum absolute atomic E-state index is 14.2. The van der Waals surface area contributed by atoms with Crippen molar-refractivity contribution < 1.29 is 28.6 Å². The molecule has 0 bridgehead atoms. The van der Waals surface area contributed by atoms with Gasteiger partial charge in [0, 0.05) is 23.2 Å². The first-order chi connectivity index (χ1) is 17.4. The molecule has 0 amide bonds. The van der Waals surface area contributed by atoms with Gasteiger partial charge in [0.2, 0.25) is 0 Å². The fraction of sp³-hybridized carbons (Fsp3) is 0.379. The molecule has 0 N–H and O–H groups in total. The smallest absolute Gasteiger partial charge is 0.336 e. The Hall–Kier alpha value is -3.74. The number of carbonyl (C=O) groups is 3. The van der Waals surface area contributed by atoms with E-state index >= 15 is 0 Å². The molecular formula is C29H31NO6. The molecule has 4 atom stereocenters. The van der Waals surface area contributed by atoms with Gasteiger partial charge in [-0.15, -0.1) is 0 Å². The Morgan fingerprint density at radius 1 is 0.944 bits per heavy atom. The van der Waals surface area contributed by atoms with Crippen molar-refractivity contribution in [1.82, 2.24) is 0 Å². The zero-order valence-corrected chi connectivity index (χ0v) is 21.0. The van der Waals surface area contributed by atoms with E-state index in [1.54, 1.807) is 27.9 Å². The summed E-state index contributed by atoms with van der Waals surface area (Å²) in [5.74, 6) is -3.59. The minimum Gasteiger partial charge on any atom is -0.497 e. The maximum atomic E-state index is 14.2. The quantitative estimate of drug-likeness (QED) is 0.416. The van der Waals surface area contributed by atoms with Gasteiger partial charge in [-0.3, -0.25) is 14.6 Å². The third-order valence-electron chi connectivity index (χ3n) is 6.87. The molecule has 1 aliphatic heterocycles. The van der Waals surface area contributed by atoms with Gasteiger partial charge in [-0.25, -0.2) is 4.79 Å². The van der Waals surface area contributed by atoms with Gasteiger partial charge >= 0.3 is 11.9 Å². The van der Waals surface area contributed by atoms with Gasteiger partial charge in [-0.2, -0.15) is 0 Å². The fourth-order valence-corrected chi connectivity index (χ4v) is 5.36. The number of carbonyl (C=O) groups excluding carboxylic acids is 3. The number of ketones is 1. The van der Waals surface area contributed by atoms with E-state index in [0.29, 0.717) is 29.2 Å². The first-order valence-electron chi connectivity index (χ1n) is 12.3. The number of benzene rings is 2. The molecule has 7 heteroatoms. The number of methoxy groups -OCH3 is 1. The number of allylic oxidation sites excluding steroid dienone is 1. The number of hydrogen-bond donors (Lipinski definition) is 0. The predicted molar refractivity (Wildman–Crippen MR) is 135 cm³/mol. The van der Waals surface area contributed by atoms with E-state index in [1.165, 1.54) is 0 Å². The maximum Gasteiger partial charge on any atom is 0.336 e. The van der Waals surface area contributed by atoms with Crippen LogP contribution in [0.4, 0.5) is 0 Å². The molecule has 2 aliphatic rings. The number of hydrogen-bond acceptors (Lipinski definition) is 7. The molecule has 0 radical (unpaired) electrons. The van der Waals surface area contributed by atoms with E-state index < -0.39 is 35.6 Å². The summed E-state index contributed by atoms with van der Waals surface area (Å²) >= 11 is 0. The second-order valence-electron chi connectivity index (χ2n) is 8.91. The summed E-state index contributed by atoms with van der Waals surface area (Å²) in [6, 6.07) is 16.8. The largest absolute Gasteiger partial charge is 0.497 e. The van der Waals surface area contributed by atoms with Crippen LogP contribution in [0.3, 0.4) is 0 Å². The van der Waals surface area contributed by atoms with Crippen LogP contribution in [-0.2, 0) is 23.9 Å². The summed E-state index contributed by atoms with van der Waals surface area (Å²) in [6.45, 7) is 5.60. The van der Waals surface area contributed by atoms with Gasteiger partial charge in [-0.1, -0.05) is 42.5 Å². The highest BCUT2D eigenvalue weighted by Crippen LogP contribution is 2.48. The van der Waals surface area contributed by atoms with Crippen LogP contribution in [0.15, 0.2) is 70.9 Å². The standard InChI is InChI=1S/C29H31NO6/c1-5-35-28(32)23-17(3)30-22-16-21(19-13-10-14-20(15-19)34-4)25(29(33)36-6-2)27(31)26(22)24(23)18-11-8-7-9-12-18/h7-15,21,24-26H,5-6,16H2,1-4H3/t21-,24-,25+,26?/m1/s1. The highest BCUT2D eigenvalue weighted by atomic mass is 16.5.